The second kappa shape index (κ2) is 7.51. The number of anilines is 3. The Hall–Kier alpha value is -3.17. The first kappa shape index (κ1) is 21.1. The van der Waals surface area contributed by atoms with Crippen molar-refractivity contribution in [2.24, 2.45) is 0 Å². The molecular weight excluding hydrogens is 418 g/mol. The Labute approximate surface area is 179 Å². The van der Waals surface area contributed by atoms with Crippen LogP contribution in [0.2, 0.25) is 0 Å². The van der Waals surface area contributed by atoms with Crippen LogP contribution in [0.3, 0.4) is 0 Å². The van der Waals surface area contributed by atoms with E-state index < -0.39 is 32.2 Å². The zero-order valence-electron chi connectivity index (χ0n) is 17.2. The smallest absolute Gasteiger partial charge is 0.253 e. The highest BCUT2D eigenvalue weighted by Gasteiger charge is 2.41. The van der Waals surface area contributed by atoms with Crippen LogP contribution in [0.4, 0.5) is 17.1 Å². The largest absolute Gasteiger partial charge is 0.504 e. The molecule has 1 fully saturated rings. The highest BCUT2D eigenvalue weighted by molar-refractivity contribution is 7.89. The summed E-state index contributed by atoms with van der Waals surface area (Å²) in [7, 11) is -1.18. The van der Waals surface area contributed by atoms with E-state index in [9.17, 15) is 23.1 Å². The van der Waals surface area contributed by atoms with Crippen LogP contribution < -0.4 is 21.5 Å². The van der Waals surface area contributed by atoms with E-state index in [4.69, 9.17) is 0 Å². The van der Waals surface area contributed by atoms with Gasteiger partial charge in [0.1, 0.15) is 16.3 Å². The molecule has 1 aliphatic rings. The summed E-state index contributed by atoms with van der Waals surface area (Å²) in [4.78, 5) is 24.3. The van der Waals surface area contributed by atoms with Crippen LogP contribution >= 0.6 is 0 Å². The number of rotatable bonds is 7. The topological polar surface area (TPSA) is 116 Å². The van der Waals surface area contributed by atoms with Crippen molar-refractivity contribution >= 4 is 27.1 Å². The molecular formula is C22H23N3O5S. The number of phenols is 1. The Morgan fingerprint density at radius 1 is 0.935 bits per heavy atom. The summed E-state index contributed by atoms with van der Waals surface area (Å²) >= 11 is 0. The van der Waals surface area contributed by atoms with Crippen LogP contribution in [0, 0.1) is 0 Å². The number of para-hydroxylation sites is 1. The molecule has 1 aliphatic carbocycles. The number of sulfonamides is 1. The van der Waals surface area contributed by atoms with E-state index in [-0.39, 0.29) is 22.0 Å². The van der Waals surface area contributed by atoms with Crippen molar-refractivity contribution in [1.82, 2.24) is 4.31 Å². The van der Waals surface area contributed by atoms with Gasteiger partial charge in [0, 0.05) is 14.1 Å². The predicted molar refractivity (Wildman–Crippen MR) is 119 cm³/mol. The molecule has 9 heteroatoms. The third-order valence-corrected chi connectivity index (χ3v) is 7.67. The maximum absolute atomic E-state index is 12.4. The van der Waals surface area contributed by atoms with Crippen molar-refractivity contribution in [3.63, 3.8) is 0 Å². The van der Waals surface area contributed by atoms with E-state index in [0.717, 1.165) is 29.1 Å². The number of benzene rings is 2. The van der Waals surface area contributed by atoms with Gasteiger partial charge in [0.25, 0.3) is 10.9 Å². The van der Waals surface area contributed by atoms with Gasteiger partial charge in [-0.3, -0.25) is 9.59 Å². The highest BCUT2D eigenvalue weighted by atomic mass is 32.2. The molecule has 0 spiro atoms. The summed E-state index contributed by atoms with van der Waals surface area (Å²) in [6, 6.07) is 13.9. The van der Waals surface area contributed by atoms with E-state index in [0.29, 0.717) is 0 Å². The standard InChI is InChI=1S/C22H23N3O5S/c1-25(2)31(29,30)16-11-6-10-15(19(16)26)23-17-18(21(28)20(17)27)24-22(12-7-13-22)14-8-4-3-5-9-14/h3-6,8-11,23-24,26H,7,12-13H2,1-2H3. The molecule has 8 nitrogen and oxygen atoms in total. The molecule has 0 heterocycles. The van der Waals surface area contributed by atoms with Gasteiger partial charge in [-0.15, -0.1) is 0 Å². The molecule has 31 heavy (non-hydrogen) atoms. The monoisotopic (exact) mass is 441 g/mol. The second-order valence-corrected chi connectivity index (χ2v) is 10.0. The molecule has 3 aromatic carbocycles. The summed E-state index contributed by atoms with van der Waals surface area (Å²) in [6.45, 7) is 0. The average molecular weight is 442 g/mol. The summed E-state index contributed by atoms with van der Waals surface area (Å²) in [6.07, 6.45) is 2.62. The second-order valence-electron chi connectivity index (χ2n) is 7.90. The highest BCUT2D eigenvalue weighted by Crippen LogP contribution is 2.45. The van der Waals surface area contributed by atoms with Crippen LogP contribution in [0.5, 0.6) is 5.75 Å². The van der Waals surface area contributed by atoms with Crippen molar-refractivity contribution in [1.29, 1.82) is 0 Å². The maximum atomic E-state index is 12.4. The first-order valence-electron chi connectivity index (χ1n) is 9.86. The van der Waals surface area contributed by atoms with Gasteiger partial charge in [-0.2, -0.15) is 0 Å². The molecule has 3 N–H and O–H groups in total. The number of aromatic hydroxyl groups is 1. The van der Waals surface area contributed by atoms with Crippen molar-refractivity contribution in [3.05, 3.63) is 74.5 Å². The van der Waals surface area contributed by atoms with Gasteiger partial charge in [-0.1, -0.05) is 36.4 Å². The number of hydrogen-bond acceptors (Lipinski definition) is 7. The molecule has 0 radical (unpaired) electrons. The Morgan fingerprint density at radius 3 is 2.16 bits per heavy atom. The van der Waals surface area contributed by atoms with Crippen molar-refractivity contribution in [3.8, 4) is 5.75 Å². The third kappa shape index (κ3) is 3.39. The first-order chi connectivity index (χ1) is 14.7. The Kier molecular flexibility index (Phi) is 5.10. The third-order valence-electron chi connectivity index (χ3n) is 5.83. The summed E-state index contributed by atoms with van der Waals surface area (Å²) in [5.74, 6) is -0.517. The molecule has 0 unspecified atom stereocenters. The van der Waals surface area contributed by atoms with Crippen molar-refractivity contribution in [2.45, 2.75) is 29.7 Å². The molecule has 0 aromatic heterocycles. The van der Waals surface area contributed by atoms with Crippen LogP contribution in [-0.2, 0) is 15.6 Å². The van der Waals surface area contributed by atoms with Crippen molar-refractivity contribution < 1.29 is 13.5 Å². The van der Waals surface area contributed by atoms with E-state index in [1.807, 2.05) is 30.3 Å². The molecule has 162 valence electrons. The lowest BCUT2D eigenvalue weighted by molar-refractivity contribution is 0.284. The summed E-state index contributed by atoms with van der Waals surface area (Å²) in [5.41, 5.74) is -0.567. The minimum absolute atomic E-state index is 0.0157. The van der Waals surface area contributed by atoms with Crippen LogP contribution in [0.15, 0.2) is 63.0 Å². The number of nitrogens with zero attached hydrogens (tertiary/aromatic N) is 1. The quantitative estimate of drug-likeness (QED) is 0.381. The van der Waals surface area contributed by atoms with E-state index >= 15 is 0 Å². The normalized spacial score (nSPS) is 15.6. The lowest BCUT2D eigenvalue weighted by atomic mass is 9.71. The predicted octanol–water partition coefficient (Wildman–Crippen LogP) is 2.47. The van der Waals surface area contributed by atoms with Gasteiger partial charge < -0.3 is 15.7 Å². The minimum Gasteiger partial charge on any atom is -0.504 e. The summed E-state index contributed by atoms with van der Waals surface area (Å²) in [5, 5.41) is 16.6. The number of phenolic OH excluding ortho intramolecular Hbond substituents is 1. The lowest BCUT2D eigenvalue weighted by Crippen LogP contribution is -2.47. The number of nitrogens with one attached hydrogen (secondary N) is 2. The van der Waals surface area contributed by atoms with Gasteiger partial charge in [0.15, 0.2) is 5.75 Å². The Balaban J connectivity index is 1.68. The van der Waals surface area contributed by atoms with E-state index in [1.165, 1.54) is 32.3 Å². The lowest BCUT2D eigenvalue weighted by Gasteiger charge is -2.44. The van der Waals surface area contributed by atoms with Gasteiger partial charge >= 0.3 is 0 Å². The molecule has 4 rings (SSSR count). The fourth-order valence-corrected chi connectivity index (χ4v) is 4.80. The molecule has 0 bridgehead atoms. The molecule has 0 amide bonds. The summed E-state index contributed by atoms with van der Waals surface area (Å²) < 4.78 is 25.9. The van der Waals surface area contributed by atoms with Crippen LogP contribution in [-0.4, -0.2) is 31.9 Å². The molecule has 1 saturated carbocycles. The number of hydrogen-bond donors (Lipinski definition) is 3. The van der Waals surface area contributed by atoms with Gasteiger partial charge in [-0.05, 0) is 37.0 Å². The van der Waals surface area contributed by atoms with Crippen molar-refractivity contribution in [2.75, 3.05) is 24.7 Å². The maximum Gasteiger partial charge on any atom is 0.253 e. The van der Waals surface area contributed by atoms with E-state index in [2.05, 4.69) is 10.6 Å². The van der Waals surface area contributed by atoms with Gasteiger partial charge in [0.2, 0.25) is 10.0 Å². The zero-order valence-corrected chi connectivity index (χ0v) is 18.0. The zero-order chi connectivity index (χ0) is 22.4. The molecule has 0 aliphatic heterocycles. The first-order valence-corrected chi connectivity index (χ1v) is 11.3. The molecule has 0 saturated heterocycles. The molecule has 0 atom stereocenters. The van der Waals surface area contributed by atoms with E-state index in [1.54, 1.807) is 0 Å². The van der Waals surface area contributed by atoms with Gasteiger partial charge in [0.05, 0.1) is 11.2 Å². The minimum atomic E-state index is -3.89. The average Bonchev–Trinajstić information content (AvgIpc) is 2.73. The van der Waals surface area contributed by atoms with Crippen LogP contribution in [0.25, 0.3) is 0 Å². The molecule has 3 aromatic rings. The Morgan fingerprint density at radius 2 is 1.58 bits per heavy atom. The fraction of sp³-hybridized carbons (Fsp3) is 0.273. The van der Waals surface area contributed by atoms with Crippen LogP contribution in [0.1, 0.15) is 24.8 Å². The Bertz CT molecular complexity index is 1310. The fourth-order valence-electron chi connectivity index (χ4n) is 3.81. The van der Waals surface area contributed by atoms with Gasteiger partial charge in [-0.25, -0.2) is 12.7 Å². The SMILES string of the molecule is CN(C)S(=O)(=O)c1cccc(Nc2c(NC3(c4ccccc4)CCC3)c(=O)c2=O)c1O.